The highest BCUT2D eigenvalue weighted by atomic mass is 16.3. The molecule has 3 aliphatic heterocycles. The Morgan fingerprint density at radius 3 is 2.69 bits per heavy atom. The van der Waals surface area contributed by atoms with Gasteiger partial charge in [-0.2, -0.15) is 0 Å². The van der Waals surface area contributed by atoms with E-state index < -0.39 is 12.2 Å². The standard InChI is InChI=1S/C21H30N4O4/c1-14(2)10-16-20(27)24-13-19(26)23(11-15-5-7-22-8-6-15)12-18(24)25(16)21(28)17-4-3-9-29-17/h3-4,9,14-16,18,22H,5-8,10-13H2,1-2H3. The van der Waals surface area contributed by atoms with Crippen molar-refractivity contribution < 1.29 is 18.8 Å². The number of piperidine rings is 1. The molecule has 3 fully saturated rings. The Balaban J connectivity index is 1.58. The molecule has 0 radical (unpaired) electrons. The lowest BCUT2D eigenvalue weighted by atomic mass is 9.97. The highest BCUT2D eigenvalue weighted by Gasteiger charge is 2.52. The molecule has 0 spiro atoms. The molecule has 0 aromatic carbocycles. The van der Waals surface area contributed by atoms with E-state index in [1.807, 2.05) is 18.7 Å². The predicted octanol–water partition coefficient (Wildman–Crippen LogP) is 1.15. The molecule has 3 aliphatic rings. The van der Waals surface area contributed by atoms with Crippen LogP contribution in [0.2, 0.25) is 0 Å². The van der Waals surface area contributed by atoms with Crippen LogP contribution < -0.4 is 5.32 Å². The number of fused-ring (bicyclic) bond motifs is 1. The van der Waals surface area contributed by atoms with Crippen LogP contribution in [0.5, 0.6) is 0 Å². The van der Waals surface area contributed by atoms with E-state index in [1.54, 1.807) is 21.9 Å². The average Bonchev–Trinajstić information content (AvgIpc) is 3.31. The molecular weight excluding hydrogens is 372 g/mol. The molecule has 0 saturated carbocycles. The maximum Gasteiger partial charge on any atom is 0.291 e. The van der Waals surface area contributed by atoms with Gasteiger partial charge in [-0.3, -0.25) is 14.4 Å². The molecular formula is C21H30N4O4. The summed E-state index contributed by atoms with van der Waals surface area (Å²) in [6, 6.07) is 2.75. The van der Waals surface area contributed by atoms with Gasteiger partial charge in [-0.1, -0.05) is 13.8 Å². The molecule has 8 heteroatoms. The summed E-state index contributed by atoms with van der Waals surface area (Å²) in [7, 11) is 0. The molecule has 3 saturated heterocycles. The third-order valence-corrected chi connectivity index (χ3v) is 6.23. The summed E-state index contributed by atoms with van der Waals surface area (Å²) in [5, 5.41) is 3.35. The number of nitrogens with zero attached hydrogens (tertiary/aromatic N) is 3. The third-order valence-electron chi connectivity index (χ3n) is 6.23. The van der Waals surface area contributed by atoms with Crippen LogP contribution in [0.3, 0.4) is 0 Å². The molecule has 0 bridgehead atoms. The summed E-state index contributed by atoms with van der Waals surface area (Å²) in [4.78, 5) is 44.2. The van der Waals surface area contributed by atoms with Crippen LogP contribution in [0.1, 0.15) is 43.7 Å². The normalized spacial score (nSPS) is 25.8. The first-order valence-electron chi connectivity index (χ1n) is 10.6. The molecule has 4 rings (SSSR count). The van der Waals surface area contributed by atoms with Crippen molar-refractivity contribution in [2.45, 2.75) is 45.3 Å². The maximum atomic E-state index is 13.2. The number of carbonyl (C=O) groups excluding carboxylic acids is 3. The number of piperazine rings is 1. The first-order valence-corrected chi connectivity index (χ1v) is 10.6. The molecule has 1 aromatic rings. The largest absolute Gasteiger partial charge is 0.459 e. The van der Waals surface area contributed by atoms with E-state index in [9.17, 15) is 14.4 Å². The zero-order valence-corrected chi connectivity index (χ0v) is 17.2. The minimum atomic E-state index is -0.552. The molecule has 29 heavy (non-hydrogen) atoms. The van der Waals surface area contributed by atoms with Crippen LogP contribution in [0.25, 0.3) is 0 Å². The van der Waals surface area contributed by atoms with Gasteiger partial charge in [-0.15, -0.1) is 0 Å². The molecule has 2 unspecified atom stereocenters. The Labute approximate surface area is 171 Å². The van der Waals surface area contributed by atoms with E-state index in [0.717, 1.165) is 25.9 Å². The van der Waals surface area contributed by atoms with Crippen molar-refractivity contribution in [2.24, 2.45) is 11.8 Å². The van der Waals surface area contributed by atoms with Gasteiger partial charge in [-0.25, -0.2) is 0 Å². The van der Waals surface area contributed by atoms with Gasteiger partial charge in [0.15, 0.2) is 5.76 Å². The van der Waals surface area contributed by atoms with Crippen LogP contribution in [0.4, 0.5) is 0 Å². The number of furan rings is 1. The van der Waals surface area contributed by atoms with Crippen molar-refractivity contribution in [1.82, 2.24) is 20.0 Å². The second-order valence-corrected chi connectivity index (χ2v) is 8.77. The van der Waals surface area contributed by atoms with Crippen LogP contribution in [0.15, 0.2) is 22.8 Å². The summed E-state index contributed by atoms with van der Waals surface area (Å²) in [6.45, 7) is 7.13. The molecule has 1 aromatic heterocycles. The topological polar surface area (TPSA) is 86.1 Å². The fourth-order valence-corrected chi connectivity index (χ4v) is 4.75. The third kappa shape index (κ3) is 3.90. The van der Waals surface area contributed by atoms with Crippen molar-refractivity contribution in [3.05, 3.63) is 24.2 Å². The second-order valence-electron chi connectivity index (χ2n) is 8.77. The van der Waals surface area contributed by atoms with Crippen molar-refractivity contribution in [2.75, 3.05) is 32.7 Å². The smallest absolute Gasteiger partial charge is 0.291 e. The fourth-order valence-electron chi connectivity index (χ4n) is 4.75. The Hall–Kier alpha value is -2.35. The molecule has 3 amide bonds. The number of hydrogen-bond acceptors (Lipinski definition) is 5. The Bertz CT molecular complexity index is 757. The molecule has 2 atom stereocenters. The van der Waals surface area contributed by atoms with E-state index in [4.69, 9.17) is 4.42 Å². The number of carbonyl (C=O) groups is 3. The summed E-state index contributed by atoms with van der Waals surface area (Å²) in [6.07, 6.45) is 3.70. The highest BCUT2D eigenvalue weighted by Crippen LogP contribution is 2.32. The summed E-state index contributed by atoms with van der Waals surface area (Å²) in [5.41, 5.74) is 0. The lowest BCUT2D eigenvalue weighted by molar-refractivity contribution is -0.146. The van der Waals surface area contributed by atoms with Crippen molar-refractivity contribution in [3.63, 3.8) is 0 Å². The summed E-state index contributed by atoms with van der Waals surface area (Å²) < 4.78 is 5.34. The van der Waals surface area contributed by atoms with E-state index in [0.29, 0.717) is 25.4 Å². The number of rotatable bonds is 5. The maximum absolute atomic E-state index is 13.2. The Kier molecular flexibility index (Phi) is 5.63. The minimum Gasteiger partial charge on any atom is -0.459 e. The van der Waals surface area contributed by atoms with E-state index in [2.05, 4.69) is 5.32 Å². The van der Waals surface area contributed by atoms with E-state index in [1.165, 1.54) is 6.26 Å². The highest BCUT2D eigenvalue weighted by molar-refractivity contribution is 5.99. The molecule has 8 nitrogen and oxygen atoms in total. The fraction of sp³-hybridized carbons (Fsp3) is 0.667. The minimum absolute atomic E-state index is 0.0243. The molecule has 4 heterocycles. The van der Waals surface area contributed by atoms with Crippen molar-refractivity contribution in [1.29, 1.82) is 0 Å². The summed E-state index contributed by atoms with van der Waals surface area (Å²) >= 11 is 0. The SMILES string of the molecule is CC(C)CC1C(=O)N2CC(=O)N(CC3CCNCC3)CC2N1C(=O)c1ccco1. The second kappa shape index (κ2) is 8.18. The first-order chi connectivity index (χ1) is 14.0. The molecule has 1 N–H and O–H groups in total. The van der Waals surface area contributed by atoms with E-state index >= 15 is 0 Å². The van der Waals surface area contributed by atoms with Crippen LogP contribution >= 0.6 is 0 Å². The monoisotopic (exact) mass is 402 g/mol. The van der Waals surface area contributed by atoms with Gasteiger partial charge < -0.3 is 24.4 Å². The van der Waals surface area contributed by atoms with Gasteiger partial charge in [0.1, 0.15) is 18.8 Å². The Morgan fingerprint density at radius 1 is 1.28 bits per heavy atom. The van der Waals surface area contributed by atoms with Gasteiger partial charge in [-0.05, 0) is 56.3 Å². The number of hydrogen-bond donors (Lipinski definition) is 1. The van der Waals surface area contributed by atoms with Crippen molar-refractivity contribution in [3.8, 4) is 0 Å². The Morgan fingerprint density at radius 2 is 2.03 bits per heavy atom. The van der Waals surface area contributed by atoms with Crippen molar-refractivity contribution >= 4 is 17.7 Å². The van der Waals surface area contributed by atoms with Crippen LogP contribution in [0, 0.1) is 11.8 Å². The quantitative estimate of drug-likeness (QED) is 0.798. The lowest BCUT2D eigenvalue weighted by Crippen LogP contribution is -2.59. The average molecular weight is 402 g/mol. The molecule has 158 valence electrons. The van der Waals surface area contributed by atoms with Gasteiger partial charge in [0.2, 0.25) is 11.8 Å². The first kappa shape index (κ1) is 19.9. The van der Waals surface area contributed by atoms with Gasteiger partial charge in [0, 0.05) is 6.54 Å². The van der Waals surface area contributed by atoms with Gasteiger partial charge in [0.25, 0.3) is 5.91 Å². The molecule has 0 aliphatic carbocycles. The number of nitrogens with one attached hydrogen (secondary N) is 1. The summed E-state index contributed by atoms with van der Waals surface area (Å²) in [5.74, 6) is 0.512. The lowest BCUT2D eigenvalue weighted by Gasteiger charge is -2.41. The van der Waals surface area contributed by atoms with Crippen LogP contribution in [-0.4, -0.2) is 77.4 Å². The van der Waals surface area contributed by atoms with E-state index in [-0.39, 0.29) is 35.9 Å². The van der Waals surface area contributed by atoms with Gasteiger partial charge in [0.05, 0.1) is 12.8 Å². The predicted molar refractivity (Wildman–Crippen MR) is 106 cm³/mol. The zero-order chi connectivity index (χ0) is 20.5. The van der Waals surface area contributed by atoms with Gasteiger partial charge >= 0.3 is 0 Å². The zero-order valence-electron chi connectivity index (χ0n) is 17.2. The number of amides is 3. The van der Waals surface area contributed by atoms with Crippen LogP contribution in [-0.2, 0) is 9.59 Å².